The van der Waals surface area contributed by atoms with E-state index in [2.05, 4.69) is 9.44 Å². The molecule has 0 aromatic heterocycles. The maximum absolute atomic E-state index is 12.2. The highest BCUT2D eigenvalue weighted by atomic mass is 32.2. The minimum atomic E-state index is -3.76. The Kier molecular flexibility index (Phi) is 4.61. The van der Waals surface area contributed by atoms with Gasteiger partial charge in [-0.15, -0.1) is 0 Å². The van der Waals surface area contributed by atoms with Crippen molar-refractivity contribution in [2.75, 3.05) is 9.44 Å². The molecule has 0 amide bonds. The first-order chi connectivity index (χ1) is 9.88. The fourth-order valence-electron chi connectivity index (χ4n) is 1.73. The number of hydrogen-bond acceptors (Lipinski definition) is 3. The average Bonchev–Trinajstić information content (AvgIpc) is 2.42. The van der Waals surface area contributed by atoms with Crippen molar-refractivity contribution >= 4 is 32.7 Å². The summed E-state index contributed by atoms with van der Waals surface area (Å²) in [7, 11) is -3.76. The lowest BCUT2D eigenvalue weighted by Crippen LogP contribution is -2.15. The van der Waals surface area contributed by atoms with E-state index in [1.807, 2.05) is 0 Å². The lowest BCUT2D eigenvalue weighted by Gasteiger charge is -2.13. The molecule has 2 aromatic carbocycles. The van der Waals surface area contributed by atoms with Crippen molar-refractivity contribution in [1.82, 2.24) is 0 Å². The van der Waals surface area contributed by atoms with Gasteiger partial charge < -0.3 is 0 Å². The fraction of sp³-hybridized carbons (Fsp3) is 0.0769. The monoisotopic (exact) mass is 326 g/mol. The number of anilines is 2. The van der Waals surface area contributed by atoms with Crippen LogP contribution in [0.15, 0.2) is 53.4 Å². The maximum Gasteiger partial charge on any atom is 0.261 e. The molecule has 0 aliphatic rings. The van der Waals surface area contributed by atoms with E-state index in [0.717, 1.165) is 5.56 Å². The quantitative estimate of drug-likeness (QED) is 0.735. The van der Waals surface area contributed by atoms with Crippen LogP contribution >= 0.6 is 0 Å². The van der Waals surface area contributed by atoms with Crippen LogP contribution < -0.4 is 9.44 Å². The normalized spacial score (nSPS) is 12.7. The van der Waals surface area contributed by atoms with E-state index in [1.165, 1.54) is 18.2 Å². The van der Waals surface area contributed by atoms with Crippen LogP contribution in [0.4, 0.5) is 11.4 Å². The van der Waals surface area contributed by atoms with Crippen molar-refractivity contribution in [3.8, 4) is 0 Å². The Bertz CT molecular complexity index is 761. The largest absolute Gasteiger partial charge is 0.289 e. The van der Waals surface area contributed by atoms with Gasteiger partial charge in [-0.3, -0.25) is 14.0 Å². The molecule has 3 N–H and O–H groups in total. The van der Waals surface area contributed by atoms with Crippen LogP contribution in [0, 0.1) is 6.92 Å². The Morgan fingerprint density at radius 1 is 1.05 bits per heavy atom. The minimum Gasteiger partial charge on any atom is -0.289 e. The number of nitrogens with one attached hydrogen (secondary N) is 2. The first-order valence-electron chi connectivity index (χ1n) is 5.94. The lowest BCUT2D eigenvalue weighted by atomic mass is 10.2. The molecule has 0 spiro atoms. The summed E-state index contributed by atoms with van der Waals surface area (Å²) in [6.07, 6.45) is 0. The van der Waals surface area contributed by atoms with E-state index in [4.69, 9.17) is 4.55 Å². The second-order valence-corrected chi connectivity index (χ2v) is 6.70. The predicted octanol–water partition coefficient (Wildman–Crippen LogP) is 2.34. The van der Waals surface area contributed by atoms with Crippen molar-refractivity contribution in [1.29, 1.82) is 0 Å². The molecule has 6 nitrogen and oxygen atoms in total. The number of hydrogen-bond donors (Lipinski definition) is 3. The number of benzene rings is 2. The third kappa shape index (κ3) is 4.03. The van der Waals surface area contributed by atoms with E-state index in [-0.39, 0.29) is 16.3 Å². The molecule has 0 saturated heterocycles. The van der Waals surface area contributed by atoms with Crippen LogP contribution in [0.3, 0.4) is 0 Å². The topological polar surface area (TPSA) is 95.5 Å². The van der Waals surface area contributed by atoms with Crippen LogP contribution in [-0.4, -0.2) is 17.2 Å². The van der Waals surface area contributed by atoms with Gasteiger partial charge in [0.25, 0.3) is 21.3 Å². The Hall–Kier alpha value is -1.90. The molecule has 21 heavy (non-hydrogen) atoms. The Morgan fingerprint density at radius 3 is 2.33 bits per heavy atom. The SMILES string of the molecule is Cc1ccc(NS(=O)(=O)c2ccccc2)c(NS(=O)O)c1. The zero-order valence-electron chi connectivity index (χ0n) is 11.1. The van der Waals surface area contributed by atoms with E-state index in [1.54, 1.807) is 37.3 Å². The van der Waals surface area contributed by atoms with Gasteiger partial charge in [0.1, 0.15) is 0 Å². The molecule has 8 heteroatoms. The van der Waals surface area contributed by atoms with Gasteiger partial charge in [-0.2, -0.15) is 0 Å². The van der Waals surface area contributed by atoms with Gasteiger partial charge in [0.2, 0.25) is 0 Å². The third-order valence-electron chi connectivity index (χ3n) is 2.67. The van der Waals surface area contributed by atoms with Crippen LogP contribution in [0.2, 0.25) is 0 Å². The molecule has 2 rings (SSSR count). The van der Waals surface area contributed by atoms with E-state index < -0.39 is 21.3 Å². The van der Waals surface area contributed by atoms with Crippen LogP contribution in [-0.2, 0) is 21.3 Å². The molecule has 0 aliphatic heterocycles. The molecule has 112 valence electrons. The zero-order valence-corrected chi connectivity index (χ0v) is 12.7. The molecule has 0 bridgehead atoms. The Labute approximate surface area is 125 Å². The summed E-state index contributed by atoms with van der Waals surface area (Å²) in [6.45, 7) is 1.79. The molecular formula is C13H14N2O4S2. The molecular weight excluding hydrogens is 312 g/mol. The maximum atomic E-state index is 12.2. The van der Waals surface area contributed by atoms with Gasteiger partial charge in [0.15, 0.2) is 0 Å². The van der Waals surface area contributed by atoms with Gasteiger partial charge >= 0.3 is 0 Å². The fourth-order valence-corrected chi connectivity index (χ4v) is 3.19. The van der Waals surface area contributed by atoms with E-state index in [0.29, 0.717) is 0 Å². The zero-order chi connectivity index (χ0) is 15.5. The van der Waals surface area contributed by atoms with Gasteiger partial charge in [0, 0.05) is 0 Å². The molecule has 0 heterocycles. The van der Waals surface area contributed by atoms with Crippen LogP contribution in [0.1, 0.15) is 5.56 Å². The summed E-state index contributed by atoms with van der Waals surface area (Å²) < 4.78 is 49.0. The molecule has 1 unspecified atom stereocenters. The summed E-state index contributed by atoms with van der Waals surface area (Å²) in [5, 5.41) is 0. The molecule has 1 atom stereocenters. The number of rotatable bonds is 5. The van der Waals surface area contributed by atoms with Crippen molar-refractivity contribution in [2.45, 2.75) is 11.8 Å². The molecule has 0 aliphatic carbocycles. The highest BCUT2D eigenvalue weighted by Crippen LogP contribution is 2.26. The molecule has 0 fully saturated rings. The van der Waals surface area contributed by atoms with Crippen molar-refractivity contribution < 1.29 is 17.2 Å². The third-order valence-corrected chi connectivity index (χ3v) is 4.45. The number of aryl methyl sites for hydroxylation is 1. The van der Waals surface area contributed by atoms with Crippen LogP contribution in [0.5, 0.6) is 0 Å². The highest BCUT2D eigenvalue weighted by molar-refractivity contribution is 7.92. The summed E-state index contributed by atoms with van der Waals surface area (Å²) in [6, 6.07) is 12.7. The lowest BCUT2D eigenvalue weighted by molar-refractivity contribution is 0.570. The molecule has 0 saturated carbocycles. The number of sulfonamides is 1. The second-order valence-electron chi connectivity index (χ2n) is 4.32. The van der Waals surface area contributed by atoms with Gasteiger partial charge in [-0.1, -0.05) is 24.3 Å². The summed E-state index contributed by atoms with van der Waals surface area (Å²) in [4.78, 5) is 0.113. The highest BCUT2D eigenvalue weighted by Gasteiger charge is 2.16. The van der Waals surface area contributed by atoms with Crippen molar-refractivity contribution in [2.24, 2.45) is 0 Å². The Balaban J connectivity index is 2.37. The predicted molar refractivity (Wildman–Crippen MR) is 82.8 cm³/mol. The average molecular weight is 326 g/mol. The van der Waals surface area contributed by atoms with E-state index in [9.17, 15) is 12.6 Å². The second kappa shape index (κ2) is 6.25. The standard InChI is InChI=1S/C13H14N2O4S2/c1-10-7-8-12(13(9-10)14-20(16)17)15-21(18,19)11-5-3-2-4-6-11/h2-9,14-15H,1H3,(H,16,17). The molecule has 2 aromatic rings. The molecule has 0 radical (unpaired) electrons. The van der Waals surface area contributed by atoms with E-state index >= 15 is 0 Å². The first-order valence-corrected chi connectivity index (χ1v) is 8.53. The van der Waals surface area contributed by atoms with Gasteiger partial charge in [-0.25, -0.2) is 12.6 Å². The van der Waals surface area contributed by atoms with Gasteiger partial charge in [0.05, 0.1) is 16.3 Å². The van der Waals surface area contributed by atoms with Crippen LogP contribution in [0.25, 0.3) is 0 Å². The van der Waals surface area contributed by atoms with Crippen molar-refractivity contribution in [3.05, 3.63) is 54.1 Å². The summed E-state index contributed by atoms with van der Waals surface area (Å²) in [5.74, 6) is 0. The first kappa shape index (κ1) is 15.5. The summed E-state index contributed by atoms with van der Waals surface area (Å²) >= 11 is -2.29. The summed E-state index contributed by atoms with van der Waals surface area (Å²) in [5.41, 5.74) is 1.26. The minimum absolute atomic E-state index is 0.113. The Morgan fingerprint density at radius 2 is 1.71 bits per heavy atom. The van der Waals surface area contributed by atoms with Crippen molar-refractivity contribution in [3.63, 3.8) is 0 Å². The smallest absolute Gasteiger partial charge is 0.261 e. The van der Waals surface area contributed by atoms with Gasteiger partial charge in [-0.05, 0) is 36.8 Å².